The molecule has 3 nitrogen and oxygen atoms in total. The lowest BCUT2D eigenvalue weighted by molar-refractivity contribution is 0.151. The Morgan fingerprint density at radius 2 is 1.84 bits per heavy atom. The first-order chi connectivity index (χ1) is 15.1. The van der Waals surface area contributed by atoms with Crippen LogP contribution in [-0.4, -0.2) is 22.5 Å². The van der Waals surface area contributed by atoms with Crippen molar-refractivity contribution in [2.24, 2.45) is 0 Å². The van der Waals surface area contributed by atoms with E-state index in [0.717, 1.165) is 28.8 Å². The van der Waals surface area contributed by atoms with Gasteiger partial charge in [0.05, 0.1) is 0 Å². The molecule has 0 saturated carbocycles. The van der Waals surface area contributed by atoms with Gasteiger partial charge in [-0.05, 0) is 62.1 Å². The van der Waals surface area contributed by atoms with Crippen LogP contribution >= 0.6 is 0 Å². The summed E-state index contributed by atoms with van der Waals surface area (Å²) in [6.07, 6.45) is 3.61. The fourth-order valence-electron chi connectivity index (χ4n) is 4.64. The third kappa shape index (κ3) is 3.88. The zero-order valence-electron chi connectivity index (χ0n) is 18.1. The van der Waals surface area contributed by atoms with Crippen LogP contribution in [0.5, 0.6) is 0 Å². The van der Waals surface area contributed by atoms with E-state index in [1.807, 2.05) is 36.4 Å². The van der Waals surface area contributed by atoms with E-state index in [9.17, 15) is 4.39 Å². The number of fused-ring (bicyclic) bond motifs is 1. The van der Waals surface area contributed by atoms with Crippen LogP contribution < -0.4 is 0 Å². The van der Waals surface area contributed by atoms with Gasteiger partial charge in [0.2, 0.25) is 5.89 Å². The number of benzene rings is 3. The highest BCUT2D eigenvalue weighted by Gasteiger charge is 2.21. The summed E-state index contributed by atoms with van der Waals surface area (Å²) >= 11 is 0. The van der Waals surface area contributed by atoms with Crippen molar-refractivity contribution in [3.63, 3.8) is 0 Å². The number of piperidine rings is 1. The smallest absolute Gasteiger partial charge is 0.227 e. The van der Waals surface area contributed by atoms with Crippen molar-refractivity contribution < 1.29 is 8.81 Å². The molecule has 1 saturated heterocycles. The first-order valence-corrected chi connectivity index (χ1v) is 11.1. The standard InChI is InChI=1S/C27H27FN2O/c1-18-9-6-7-14-30(18)17-21-15-25-26(16-24(21)28)31-27(29-25)23-13-8-12-22(19(23)2)20-10-4-3-5-11-20/h3-5,8,10-13,15-16,18H,6-7,9,14,17H2,1-2H3/t18-/m1/s1. The van der Waals surface area contributed by atoms with Gasteiger partial charge in [-0.2, -0.15) is 0 Å². The molecule has 0 N–H and O–H groups in total. The Hall–Kier alpha value is -2.98. The normalized spacial score (nSPS) is 17.3. The number of nitrogens with zero attached hydrogens (tertiary/aromatic N) is 2. The monoisotopic (exact) mass is 414 g/mol. The van der Waals surface area contributed by atoms with E-state index >= 15 is 0 Å². The van der Waals surface area contributed by atoms with Gasteiger partial charge >= 0.3 is 0 Å². The Morgan fingerprint density at radius 1 is 1.03 bits per heavy atom. The second-order valence-corrected chi connectivity index (χ2v) is 8.59. The summed E-state index contributed by atoms with van der Waals surface area (Å²) in [4.78, 5) is 7.10. The van der Waals surface area contributed by atoms with Gasteiger partial charge in [-0.3, -0.25) is 4.90 Å². The van der Waals surface area contributed by atoms with Crippen molar-refractivity contribution in [1.82, 2.24) is 9.88 Å². The highest BCUT2D eigenvalue weighted by atomic mass is 19.1. The molecular formula is C27H27FN2O. The summed E-state index contributed by atoms with van der Waals surface area (Å²) < 4.78 is 20.9. The molecule has 1 atom stereocenters. The number of hydrogen-bond donors (Lipinski definition) is 0. The van der Waals surface area contributed by atoms with E-state index < -0.39 is 0 Å². The predicted octanol–water partition coefficient (Wildman–Crippen LogP) is 6.98. The molecule has 4 aromatic rings. The van der Waals surface area contributed by atoms with Crippen molar-refractivity contribution in [1.29, 1.82) is 0 Å². The average Bonchev–Trinajstić information content (AvgIpc) is 3.18. The number of halogens is 1. The van der Waals surface area contributed by atoms with Gasteiger partial charge in [0.25, 0.3) is 0 Å². The summed E-state index contributed by atoms with van der Waals surface area (Å²) in [6.45, 7) is 5.95. The molecule has 1 aliphatic rings. The Labute approximate surface area is 182 Å². The molecule has 0 amide bonds. The largest absolute Gasteiger partial charge is 0.436 e. The molecule has 158 valence electrons. The average molecular weight is 415 g/mol. The molecule has 1 aromatic heterocycles. The number of aromatic nitrogens is 1. The van der Waals surface area contributed by atoms with Crippen LogP contribution in [0, 0.1) is 12.7 Å². The minimum atomic E-state index is -0.220. The fraction of sp³-hybridized carbons (Fsp3) is 0.296. The summed E-state index contributed by atoms with van der Waals surface area (Å²) in [7, 11) is 0. The van der Waals surface area contributed by atoms with Gasteiger partial charge in [0.1, 0.15) is 11.3 Å². The lowest BCUT2D eigenvalue weighted by Gasteiger charge is -2.33. The van der Waals surface area contributed by atoms with Crippen molar-refractivity contribution in [3.05, 3.63) is 77.6 Å². The molecule has 3 aromatic carbocycles. The maximum absolute atomic E-state index is 14.9. The number of likely N-dealkylation sites (tertiary alicyclic amines) is 1. The maximum Gasteiger partial charge on any atom is 0.227 e. The minimum Gasteiger partial charge on any atom is -0.436 e. The Bertz CT molecular complexity index is 1210. The van der Waals surface area contributed by atoms with E-state index in [1.165, 1.54) is 25.3 Å². The van der Waals surface area contributed by atoms with Crippen LogP contribution in [0.25, 0.3) is 33.7 Å². The summed E-state index contributed by atoms with van der Waals surface area (Å²) in [5, 5.41) is 0. The van der Waals surface area contributed by atoms with Crippen molar-refractivity contribution >= 4 is 11.1 Å². The van der Waals surface area contributed by atoms with Crippen molar-refractivity contribution in [3.8, 4) is 22.6 Å². The molecule has 1 fully saturated rings. The summed E-state index contributed by atoms with van der Waals surface area (Å²) in [5.41, 5.74) is 6.23. The van der Waals surface area contributed by atoms with Gasteiger partial charge in [-0.15, -0.1) is 0 Å². The Morgan fingerprint density at radius 3 is 2.65 bits per heavy atom. The summed E-state index contributed by atoms with van der Waals surface area (Å²) in [5.74, 6) is 0.316. The third-order valence-electron chi connectivity index (χ3n) is 6.52. The molecule has 1 aliphatic heterocycles. The van der Waals surface area contributed by atoms with Gasteiger partial charge in [-0.25, -0.2) is 9.37 Å². The molecule has 4 heteroatoms. The highest BCUT2D eigenvalue weighted by Crippen LogP contribution is 2.33. The predicted molar refractivity (Wildman–Crippen MR) is 123 cm³/mol. The van der Waals surface area contributed by atoms with Crippen molar-refractivity contribution in [2.45, 2.75) is 45.7 Å². The van der Waals surface area contributed by atoms with Crippen LogP contribution in [0.3, 0.4) is 0 Å². The first-order valence-electron chi connectivity index (χ1n) is 11.1. The van der Waals surface area contributed by atoms with Gasteiger partial charge in [-0.1, -0.05) is 48.9 Å². The van der Waals surface area contributed by atoms with Gasteiger partial charge in [0, 0.05) is 29.8 Å². The van der Waals surface area contributed by atoms with Crippen molar-refractivity contribution in [2.75, 3.05) is 6.54 Å². The second-order valence-electron chi connectivity index (χ2n) is 8.59. The van der Waals surface area contributed by atoms with E-state index in [-0.39, 0.29) is 5.82 Å². The molecule has 2 heterocycles. The zero-order chi connectivity index (χ0) is 21.4. The number of oxazole rings is 1. The molecule has 0 radical (unpaired) electrons. The Balaban J connectivity index is 1.51. The molecule has 0 aliphatic carbocycles. The highest BCUT2D eigenvalue weighted by molar-refractivity contribution is 5.80. The first kappa shape index (κ1) is 20.0. The number of hydrogen-bond acceptors (Lipinski definition) is 3. The molecule has 0 bridgehead atoms. The van der Waals surface area contributed by atoms with Crippen LogP contribution in [-0.2, 0) is 6.54 Å². The van der Waals surface area contributed by atoms with Gasteiger partial charge in [0.15, 0.2) is 5.58 Å². The molecule has 0 unspecified atom stereocenters. The number of rotatable bonds is 4. The van der Waals surface area contributed by atoms with E-state index in [1.54, 1.807) is 0 Å². The lowest BCUT2D eigenvalue weighted by Crippen LogP contribution is -2.36. The van der Waals surface area contributed by atoms with Gasteiger partial charge < -0.3 is 4.42 Å². The third-order valence-corrected chi connectivity index (χ3v) is 6.52. The summed E-state index contributed by atoms with van der Waals surface area (Å²) in [6, 6.07) is 20.3. The zero-order valence-corrected chi connectivity index (χ0v) is 18.1. The lowest BCUT2D eigenvalue weighted by atomic mass is 9.96. The van der Waals surface area contributed by atoms with E-state index in [4.69, 9.17) is 9.40 Å². The second kappa shape index (κ2) is 8.27. The Kier molecular flexibility index (Phi) is 5.33. The van der Waals surface area contributed by atoms with E-state index in [0.29, 0.717) is 35.1 Å². The molecule has 5 rings (SSSR count). The SMILES string of the molecule is Cc1c(-c2ccccc2)cccc1-c1nc2cc(CN3CCCC[C@H]3C)c(F)cc2o1. The van der Waals surface area contributed by atoms with Crippen LogP contribution in [0.2, 0.25) is 0 Å². The minimum absolute atomic E-state index is 0.220. The van der Waals surface area contributed by atoms with E-state index in [2.05, 4.69) is 36.9 Å². The molecule has 0 spiro atoms. The van der Waals surface area contributed by atoms with Crippen LogP contribution in [0.15, 0.2) is 65.1 Å². The maximum atomic E-state index is 14.9. The topological polar surface area (TPSA) is 29.3 Å². The molecule has 31 heavy (non-hydrogen) atoms. The molecular weight excluding hydrogens is 387 g/mol. The van der Waals surface area contributed by atoms with Crippen LogP contribution in [0.4, 0.5) is 4.39 Å². The quantitative estimate of drug-likeness (QED) is 0.361. The van der Waals surface area contributed by atoms with Crippen LogP contribution in [0.1, 0.15) is 37.3 Å². The fourth-order valence-corrected chi connectivity index (χ4v) is 4.64.